The van der Waals surface area contributed by atoms with Gasteiger partial charge in [-0.3, -0.25) is 9.59 Å². The van der Waals surface area contributed by atoms with Crippen molar-refractivity contribution in [2.24, 2.45) is 5.92 Å². The van der Waals surface area contributed by atoms with Crippen LogP contribution in [0, 0.1) is 5.92 Å². The summed E-state index contributed by atoms with van der Waals surface area (Å²) in [6.45, 7) is 3.17. The van der Waals surface area contributed by atoms with Gasteiger partial charge in [0.2, 0.25) is 5.91 Å². The highest BCUT2D eigenvalue weighted by Crippen LogP contribution is 2.38. The van der Waals surface area contributed by atoms with E-state index < -0.39 is 0 Å². The lowest BCUT2D eigenvalue weighted by Gasteiger charge is -2.15. The van der Waals surface area contributed by atoms with E-state index in [1.165, 1.54) is 4.90 Å². The first kappa shape index (κ1) is 19.1. The van der Waals surface area contributed by atoms with Gasteiger partial charge in [0.05, 0.1) is 0 Å². The van der Waals surface area contributed by atoms with Crippen molar-refractivity contribution in [3.05, 3.63) is 69.6 Å². The number of hydrogen-bond acceptors (Lipinski definition) is 3. The maximum atomic E-state index is 12.6. The Kier molecular flexibility index (Phi) is 5.44. The molecule has 2 aliphatic rings. The summed E-state index contributed by atoms with van der Waals surface area (Å²) in [4.78, 5) is 30.5. The first-order chi connectivity index (χ1) is 13.5. The molecule has 1 aliphatic heterocycles. The summed E-state index contributed by atoms with van der Waals surface area (Å²) < 4.78 is 0. The van der Waals surface area contributed by atoms with Gasteiger partial charge in [-0.1, -0.05) is 24.3 Å². The average Bonchev–Trinajstić information content (AvgIpc) is 3.43. The predicted molar refractivity (Wildman–Crippen MR) is 115 cm³/mol. The minimum atomic E-state index is 0.0309. The van der Waals surface area contributed by atoms with Crippen LogP contribution in [0.4, 0.5) is 0 Å². The van der Waals surface area contributed by atoms with E-state index in [0.29, 0.717) is 11.8 Å². The standard InChI is InChI=1S/C23H26N2O2S/c1-15(26)25-12-11-16(14-25)13-21(18-5-7-19(28-2)8-6-18)22-10-9-20(17-3-4-17)23(27)24-22/h5-10,13,16-17H,3-4,11-12,14H2,1-2H3,(H,24,27)/t16-/m1/s1. The van der Waals surface area contributed by atoms with E-state index in [-0.39, 0.29) is 11.5 Å². The molecule has 28 heavy (non-hydrogen) atoms. The molecular formula is C23H26N2O2S. The van der Waals surface area contributed by atoms with Crippen LogP contribution in [0.15, 0.2) is 52.2 Å². The third-order valence-corrected chi connectivity index (χ3v) is 6.46. The summed E-state index contributed by atoms with van der Waals surface area (Å²) in [6, 6.07) is 12.5. The van der Waals surface area contributed by atoms with Gasteiger partial charge in [-0.25, -0.2) is 0 Å². The molecule has 4 rings (SSSR count). The summed E-state index contributed by atoms with van der Waals surface area (Å²) in [5.74, 6) is 0.861. The van der Waals surface area contributed by atoms with Crippen molar-refractivity contribution in [2.45, 2.75) is 37.0 Å². The van der Waals surface area contributed by atoms with Crippen molar-refractivity contribution < 1.29 is 4.79 Å². The zero-order valence-electron chi connectivity index (χ0n) is 16.4. The molecule has 146 valence electrons. The number of likely N-dealkylation sites (tertiary alicyclic amines) is 1. The number of aromatic nitrogens is 1. The number of nitrogens with one attached hydrogen (secondary N) is 1. The Balaban J connectivity index is 1.70. The maximum Gasteiger partial charge on any atom is 0.251 e. The molecule has 1 aromatic carbocycles. The van der Waals surface area contributed by atoms with Gasteiger partial charge in [0.1, 0.15) is 0 Å². The second-order valence-electron chi connectivity index (χ2n) is 7.75. The third kappa shape index (κ3) is 4.09. The second kappa shape index (κ2) is 8.00. The molecule has 1 aliphatic carbocycles. The van der Waals surface area contributed by atoms with E-state index in [1.807, 2.05) is 17.0 Å². The molecule has 1 amide bonds. The largest absolute Gasteiger partial charge is 0.342 e. The minimum Gasteiger partial charge on any atom is -0.342 e. The van der Waals surface area contributed by atoms with Crippen LogP contribution in [0.5, 0.6) is 0 Å². The molecule has 2 fully saturated rings. The molecule has 0 radical (unpaired) electrons. The summed E-state index contributed by atoms with van der Waals surface area (Å²) in [6.07, 6.45) is 7.48. The van der Waals surface area contributed by atoms with Crippen molar-refractivity contribution >= 4 is 23.2 Å². The minimum absolute atomic E-state index is 0.0309. The quantitative estimate of drug-likeness (QED) is 0.771. The fourth-order valence-corrected chi connectivity index (χ4v) is 4.32. The van der Waals surface area contributed by atoms with Crippen LogP contribution >= 0.6 is 11.8 Å². The van der Waals surface area contributed by atoms with E-state index in [0.717, 1.165) is 54.7 Å². The first-order valence-corrected chi connectivity index (χ1v) is 11.1. The highest BCUT2D eigenvalue weighted by molar-refractivity contribution is 7.98. The Morgan fingerprint density at radius 2 is 1.89 bits per heavy atom. The van der Waals surface area contributed by atoms with Crippen LogP contribution in [0.2, 0.25) is 0 Å². The SMILES string of the molecule is CSc1ccc(C(=C[C@H]2CCN(C(C)=O)C2)c2ccc(C3CC3)c(=O)[nH]2)cc1. The monoisotopic (exact) mass is 394 g/mol. The number of hydrogen-bond donors (Lipinski definition) is 1. The van der Waals surface area contributed by atoms with Crippen molar-refractivity contribution in [3.63, 3.8) is 0 Å². The van der Waals surface area contributed by atoms with E-state index >= 15 is 0 Å². The van der Waals surface area contributed by atoms with Crippen LogP contribution < -0.4 is 5.56 Å². The van der Waals surface area contributed by atoms with Gasteiger partial charge in [-0.05, 0) is 61.1 Å². The molecule has 0 unspecified atom stereocenters. The first-order valence-electron chi connectivity index (χ1n) is 9.90. The van der Waals surface area contributed by atoms with Crippen molar-refractivity contribution in [2.75, 3.05) is 19.3 Å². The van der Waals surface area contributed by atoms with Crippen LogP contribution in [0.3, 0.4) is 0 Å². The van der Waals surface area contributed by atoms with Crippen molar-refractivity contribution in [1.29, 1.82) is 0 Å². The van der Waals surface area contributed by atoms with Gasteiger partial charge in [-0.2, -0.15) is 0 Å². The average molecular weight is 395 g/mol. The van der Waals surface area contributed by atoms with Gasteiger partial charge >= 0.3 is 0 Å². The highest BCUT2D eigenvalue weighted by atomic mass is 32.2. The molecule has 1 aromatic heterocycles. The van der Waals surface area contributed by atoms with Gasteiger partial charge in [0.25, 0.3) is 5.56 Å². The number of rotatable bonds is 5. The Labute approximate surface area is 170 Å². The smallest absolute Gasteiger partial charge is 0.251 e. The Hall–Kier alpha value is -2.27. The van der Waals surface area contributed by atoms with Crippen LogP contribution in [0.25, 0.3) is 5.57 Å². The second-order valence-corrected chi connectivity index (χ2v) is 8.63. The van der Waals surface area contributed by atoms with Gasteiger partial charge < -0.3 is 9.88 Å². The summed E-state index contributed by atoms with van der Waals surface area (Å²) in [5.41, 5.74) is 3.93. The molecule has 2 aromatic rings. The number of aromatic amines is 1. The Morgan fingerprint density at radius 1 is 1.14 bits per heavy atom. The molecule has 5 heteroatoms. The number of H-pyrrole nitrogens is 1. The van der Waals surface area contributed by atoms with Crippen LogP contribution in [-0.2, 0) is 4.79 Å². The van der Waals surface area contributed by atoms with Crippen LogP contribution in [-0.4, -0.2) is 35.1 Å². The molecule has 4 nitrogen and oxygen atoms in total. The molecule has 1 saturated heterocycles. The number of pyridine rings is 1. The number of carbonyl (C=O) groups excluding carboxylic acids is 1. The predicted octanol–water partition coefficient (Wildman–Crippen LogP) is 4.27. The molecule has 1 atom stereocenters. The zero-order chi connectivity index (χ0) is 19.7. The van der Waals surface area contributed by atoms with Crippen molar-refractivity contribution in [1.82, 2.24) is 9.88 Å². The number of nitrogens with zero attached hydrogens (tertiary/aromatic N) is 1. The maximum absolute atomic E-state index is 12.6. The number of benzene rings is 1. The van der Waals surface area contributed by atoms with E-state index in [1.54, 1.807) is 18.7 Å². The fourth-order valence-electron chi connectivity index (χ4n) is 3.92. The van der Waals surface area contributed by atoms with E-state index in [2.05, 4.69) is 41.6 Å². The molecule has 2 heterocycles. The summed E-state index contributed by atoms with van der Waals surface area (Å²) >= 11 is 1.71. The third-order valence-electron chi connectivity index (χ3n) is 5.72. The molecule has 1 N–H and O–H groups in total. The number of carbonyl (C=O) groups is 1. The normalized spacial score (nSPS) is 19.9. The number of thioether (sulfide) groups is 1. The fraction of sp³-hybridized carbons (Fsp3) is 0.391. The molecule has 0 spiro atoms. The summed E-state index contributed by atoms with van der Waals surface area (Å²) in [5, 5.41) is 0. The highest BCUT2D eigenvalue weighted by Gasteiger charge is 2.27. The van der Waals surface area contributed by atoms with E-state index in [9.17, 15) is 9.59 Å². The zero-order valence-corrected chi connectivity index (χ0v) is 17.2. The summed E-state index contributed by atoms with van der Waals surface area (Å²) in [7, 11) is 0. The molecule has 0 bridgehead atoms. The van der Waals surface area contributed by atoms with Crippen LogP contribution in [0.1, 0.15) is 48.9 Å². The Morgan fingerprint density at radius 3 is 2.46 bits per heavy atom. The van der Waals surface area contributed by atoms with Gasteiger partial charge in [0, 0.05) is 41.7 Å². The lowest BCUT2D eigenvalue weighted by atomic mass is 9.96. The molecular weight excluding hydrogens is 368 g/mol. The number of amides is 1. The topological polar surface area (TPSA) is 53.2 Å². The van der Waals surface area contributed by atoms with Gasteiger partial charge in [-0.15, -0.1) is 11.8 Å². The van der Waals surface area contributed by atoms with E-state index in [4.69, 9.17) is 0 Å². The van der Waals surface area contributed by atoms with Crippen molar-refractivity contribution in [3.8, 4) is 0 Å². The molecule has 1 saturated carbocycles. The van der Waals surface area contributed by atoms with Gasteiger partial charge in [0.15, 0.2) is 0 Å². The lowest BCUT2D eigenvalue weighted by Crippen LogP contribution is -2.25. The Bertz CT molecular complexity index is 957. The lowest BCUT2D eigenvalue weighted by molar-refractivity contribution is -0.127.